The largest absolute Gasteiger partial charge is 0.450 e. The average Bonchev–Trinajstić information content (AvgIpc) is 2.84. The number of rotatable bonds is 2. The van der Waals surface area contributed by atoms with Crippen LogP contribution in [0.2, 0.25) is 0 Å². The molecule has 1 aromatic heterocycles. The molecular formula is C23H28N2O2. The Morgan fingerprint density at radius 3 is 2.63 bits per heavy atom. The fraction of sp³-hybridized carbons (Fsp3) is 0.478. The molecule has 4 heteroatoms. The van der Waals surface area contributed by atoms with Crippen molar-refractivity contribution in [2.75, 3.05) is 19.7 Å². The highest BCUT2D eigenvalue weighted by atomic mass is 16.6. The summed E-state index contributed by atoms with van der Waals surface area (Å²) in [6.45, 7) is 6.17. The minimum absolute atomic E-state index is 0.121. The van der Waals surface area contributed by atoms with Crippen molar-refractivity contribution in [1.29, 1.82) is 0 Å². The molecule has 1 fully saturated rings. The van der Waals surface area contributed by atoms with Crippen LogP contribution in [-0.4, -0.2) is 35.7 Å². The molecule has 1 saturated heterocycles. The molecule has 0 spiro atoms. The van der Waals surface area contributed by atoms with Gasteiger partial charge in [0.25, 0.3) is 0 Å². The number of benzene rings is 1. The van der Waals surface area contributed by atoms with Crippen LogP contribution in [0.5, 0.6) is 0 Å². The van der Waals surface area contributed by atoms with Gasteiger partial charge in [0.1, 0.15) is 0 Å². The number of carbonyl (C=O) groups excluding carboxylic acids is 1. The third kappa shape index (κ3) is 3.11. The molecule has 1 aliphatic carbocycles. The van der Waals surface area contributed by atoms with Gasteiger partial charge in [-0.2, -0.15) is 0 Å². The van der Waals surface area contributed by atoms with Gasteiger partial charge in [-0.3, -0.25) is 4.98 Å². The first-order valence-corrected chi connectivity index (χ1v) is 10.1. The number of hydrogen-bond donors (Lipinski definition) is 0. The van der Waals surface area contributed by atoms with Gasteiger partial charge in [0, 0.05) is 24.7 Å². The number of piperidine rings is 1. The average molecular weight is 364 g/mol. The predicted octanol–water partition coefficient (Wildman–Crippen LogP) is 4.35. The number of nitrogens with zero attached hydrogens (tertiary/aromatic N) is 2. The Morgan fingerprint density at radius 2 is 1.85 bits per heavy atom. The fourth-order valence-corrected chi connectivity index (χ4v) is 5.02. The molecule has 4 rings (SSSR count). The van der Waals surface area contributed by atoms with Crippen molar-refractivity contribution in [2.24, 2.45) is 5.92 Å². The minimum atomic E-state index is -0.180. The molecular weight excluding hydrogens is 336 g/mol. The Hall–Kier alpha value is -2.36. The van der Waals surface area contributed by atoms with Crippen LogP contribution >= 0.6 is 0 Å². The number of likely N-dealkylation sites (tertiary alicyclic amines) is 1. The zero-order valence-corrected chi connectivity index (χ0v) is 16.3. The molecule has 142 valence electrons. The molecule has 1 aliphatic heterocycles. The lowest BCUT2D eigenvalue weighted by Crippen LogP contribution is -2.45. The molecule has 4 nitrogen and oxygen atoms in total. The molecule has 1 unspecified atom stereocenters. The summed E-state index contributed by atoms with van der Waals surface area (Å²) < 4.78 is 5.19. The van der Waals surface area contributed by atoms with E-state index in [0.717, 1.165) is 38.8 Å². The lowest BCUT2D eigenvalue weighted by Gasteiger charge is -2.43. The van der Waals surface area contributed by atoms with Crippen LogP contribution in [0.4, 0.5) is 4.79 Å². The maximum atomic E-state index is 12.1. The van der Waals surface area contributed by atoms with Crippen molar-refractivity contribution in [3.05, 3.63) is 65.0 Å². The highest BCUT2D eigenvalue weighted by Crippen LogP contribution is 2.47. The van der Waals surface area contributed by atoms with E-state index in [4.69, 9.17) is 9.72 Å². The predicted molar refractivity (Wildman–Crippen MR) is 106 cm³/mol. The second-order valence-corrected chi connectivity index (χ2v) is 7.83. The van der Waals surface area contributed by atoms with E-state index in [0.29, 0.717) is 12.5 Å². The summed E-state index contributed by atoms with van der Waals surface area (Å²) in [5.41, 5.74) is 5.32. The fourth-order valence-electron chi connectivity index (χ4n) is 5.02. The number of pyridine rings is 1. The van der Waals surface area contributed by atoms with Crippen LogP contribution in [-0.2, 0) is 23.0 Å². The zero-order chi connectivity index (χ0) is 18.9. The topological polar surface area (TPSA) is 42.4 Å². The first-order chi connectivity index (χ1) is 13.1. The molecule has 1 atom stereocenters. The number of aryl methyl sites for hydroxylation is 2. The van der Waals surface area contributed by atoms with Crippen LogP contribution in [0.1, 0.15) is 49.1 Å². The highest BCUT2D eigenvalue weighted by Gasteiger charge is 2.44. The number of carbonyl (C=O) groups is 1. The Labute approximate surface area is 161 Å². The lowest BCUT2D eigenvalue weighted by molar-refractivity contribution is 0.0840. The number of hydrogen-bond acceptors (Lipinski definition) is 3. The van der Waals surface area contributed by atoms with E-state index in [2.05, 4.69) is 43.3 Å². The first kappa shape index (κ1) is 18.0. The normalized spacial score (nSPS) is 22.5. The van der Waals surface area contributed by atoms with E-state index in [1.165, 1.54) is 22.4 Å². The summed E-state index contributed by atoms with van der Waals surface area (Å²) in [4.78, 5) is 18.8. The van der Waals surface area contributed by atoms with E-state index in [-0.39, 0.29) is 11.5 Å². The van der Waals surface area contributed by atoms with Crippen molar-refractivity contribution in [2.45, 2.75) is 44.9 Å². The number of ether oxygens (including phenoxy) is 1. The van der Waals surface area contributed by atoms with Crippen LogP contribution < -0.4 is 0 Å². The van der Waals surface area contributed by atoms with Gasteiger partial charge >= 0.3 is 6.09 Å². The summed E-state index contributed by atoms with van der Waals surface area (Å²) in [6, 6.07) is 13.1. The standard InChI is InChI=1S/C23H28N2O2/c1-3-27-22(26)25-15-12-19(13-16-25)23(2)20-9-5-4-7-17(20)10-11-18-8-6-14-24-21(18)23/h4-9,14,19H,3,10-13,15-16H2,1-2H3. The van der Waals surface area contributed by atoms with Crippen molar-refractivity contribution in [3.8, 4) is 0 Å². The van der Waals surface area contributed by atoms with Crippen LogP contribution in [0.25, 0.3) is 0 Å². The first-order valence-electron chi connectivity index (χ1n) is 10.1. The van der Waals surface area contributed by atoms with E-state index in [9.17, 15) is 4.79 Å². The van der Waals surface area contributed by atoms with Crippen LogP contribution in [0.15, 0.2) is 42.6 Å². The Bertz CT molecular complexity index is 777. The van der Waals surface area contributed by atoms with E-state index >= 15 is 0 Å². The number of amides is 1. The van der Waals surface area contributed by atoms with E-state index < -0.39 is 0 Å². The molecule has 1 aromatic carbocycles. The van der Waals surface area contributed by atoms with Gasteiger partial charge in [-0.15, -0.1) is 0 Å². The molecule has 0 N–H and O–H groups in total. The monoisotopic (exact) mass is 364 g/mol. The SMILES string of the molecule is CCOC(=O)N1CCC(C2(C)c3ccccc3CCc3cccnc32)CC1. The van der Waals surface area contributed by atoms with Gasteiger partial charge in [-0.05, 0) is 68.2 Å². The van der Waals surface area contributed by atoms with Gasteiger partial charge in [0.15, 0.2) is 0 Å². The maximum Gasteiger partial charge on any atom is 0.409 e. The molecule has 0 radical (unpaired) electrons. The van der Waals surface area contributed by atoms with Crippen LogP contribution in [0.3, 0.4) is 0 Å². The third-order valence-corrected chi connectivity index (χ3v) is 6.46. The van der Waals surface area contributed by atoms with Gasteiger partial charge < -0.3 is 9.64 Å². The molecule has 0 saturated carbocycles. The number of fused-ring (bicyclic) bond motifs is 2. The summed E-state index contributed by atoms with van der Waals surface area (Å²) in [5, 5.41) is 0. The van der Waals surface area contributed by atoms with Crippen LogP contribution in [0, 0.1) is 5.92 Å². The minimum Gasteiger partial charge on any atom is -0.450 e. The van der Waals surface area contributed by atoms with Gasteiger partial charge in [-0.1, -0.05) is 30.3 Å². The van der Waals surface area contributed by atoms with Gasteiger partial charge in [0.2, 0.25) is 0 Å². The summed E-state index contributed by atoms with van der Waals surface area (Å²) >= 11 is 0. The van der Waals surface area contributed by atoms with Crippen molar-refractivity contribution < 1.29 is 9.53 Å². The lowest BCUT2D eigenvalue weighted by atomic mass is 9.64. The van der Waals surface area contributed by atoms with Gasteiger partial charge in [0.05, 0.1) is 12.3 Å². The van der Waals surface area contributed by atoms with Gasteiger partial charge in [-0.25, -0.2) is 4.79 Å². The second-order valence-electron chi connectivity index (χ2n) is 7.83. The summed E-state index contributed by atoms with van der Waals surface area (Å²) in [7, 11) is 0. The Kier molecular flexibility index (Phi) is 4.90. The van der Waals surface area contributed by atoms with E-state index in [1.54, 1.807) is 0 Å². The van der Waals surface area contributed by atoms with Crippen molar-refractivity contribution in [3.63, 3.8) is 0 Å². The summed E-state index contributed by atoms with van der Waals surface area (Å²) in [5.74, 6) is 0.455. The molecule has 2 aromatic rings. The van der Waals surface area contributed by atoms with E-state index in [1.807, 2.05) is 18.0 Å². The zero-order valence-electron chi connectivity index (χ0n) is 16.3. The second kappa shape index (κ2) is 7.34. The molecule has 0 bridgehead atoms. The molecule has 27 heavy (non-hydrogen) atoms. The van der Waals surface area contributed by atoms with Crippen molar-refractivity contribution in [1.82, 2.24) is 9.88 Å². The molecule has 1 amide bonds. The Morgan fingerprint density at radius 1 is 1.15 bits per heavy atom. The summed E-state index contributed by atoms with van der Waals surface area (Å²) in [6.07, 6.45) is 5.79. The Balaban J connectivity index is 1.70. The maximum absolute atomic E-state index is 12.1. The highest BCUT2D eigenvalue weighted by molar-refractivity contribution is 5.67. The number of aromatic nitrogens is 1. The smallest absolute Gasteiger partial charge is 0.409 e. The third-order valence-electron chi connectivity index (χ3n) is 6.46. The molecule has 2 aliphatic rings. The quantitative estimate of drug-likeness (QED) is 0.795. The molecule has 2 heterocycles. The van der Waals surface area contributed by atoms with Crippen molar-refractivity contribution >= 4 is 6.09 Å².